The van der Waals surface area contributed by atoms with Gasteiger partial charge in [-0.1, -0.05) is 47.7 Å². The van der Waals surface area contributed by atoms with Gasteiger partial charge in [0.2, 0.25) is 5.91 Å². The normalized spacial score (nSPS) is 10.4. The van der Waals surface area contributed by atoms with Gasteiger partial charge in [0.05, 0.1) is 17.4 Å². The van der Waals surface area contributed by atoms with E-state index in [0.717, 1.165) is 11.3 Å². The fourth-order valence-corrected chi connectivity index (χ4v) is 4.11. The molecule has 0 fully saturated rings. The molecule has 4 aromatic rings. The maximum absolute atomic E-state index is 12.7. The van der Waals surface area contributed by atoms with Crippen LogP contribution in [0.2, 0.25) is 0 Å². The quantitative estimate of drug-likeness (QED) is 0.355. The second-order valence-electron chi connectivity index (χ2n) is 7.82. The zero-order valence-corrected chi connectivity index (χ0v) is 19.9. The predicted octanol–water partition coefficient (Wildman–Crippen LogP) is 4.71. The van der Waals surface area contributed by atoms with Gasteiger partial charge in [-0.05, 0) is 55.0 Å². The first-order valence-electron chi connectivity index (χ1n) is 10.9. The number of aryl methyl sites for hydroxylation is 1. The number of carbonyl (C=O) groups is 2. The van der Waals surface area contributed by atoms with Crippen molar-refractivity contribution in [2.45, 2.75) is 18.6 Å². The lowest BCUT2D eigenvalue weighted by Gasteiger charge is -2.10. The van der Waals surface area contributed by atoms with Crippen molar-refractivity contribution in [2.75, 3.05) is 11.1 Å². The van der Waals surface area contributed by atoms with Crippen LogP contribution in [0.1, 0.15) is 27.0 Å². The van der Waals surface area contributed by atoms with Crippen LogP contribution in [0.25, 0.3) is 5.69 Å². The molecule has 0 aliphatic rings. The highest BCUT2D eigenvalue weighted by atomic mass is 32.2. The molecule has 0 spiro atoms. The molecule has 0 aliphatic heterocycles. The Bertz CT molecular complexity index is 1370. The number of carbonyl (C=O) groups excluding carboxylic acids is 2. The average molecular weight is 482 g/mol. The Morgan fingerprint density at radius 2 is 1.83 bits per heavy atom. The van der Waals surface area contributed by atoms with E-state index in [9.17, 15) is 9.59 Å². The highest BCUT2D eigenvalue weighted by Crippen LogP contribution is 2.22. The van der Waals surface area contributed by atoms with Crippen LogP contribution in [-0.2, 0) is 11.3 Å². The van der Waals surface area contributed by atoms with E-state index < -0.39 is 0 Å². The van der Waals surface area contributed by atoms with E-state index in [4.69, 9.17) is 5.26 Å². The van der Waals surface area contributed by atoms with Gasteiger partial charge >= 0.3 is 0 Å². The number of benzene rings is 3. The highest BCUT2D eigenvalue weighted by molar-refractivity contribution is 7.99. The average Bonchev–Trinajstić information content (AvgIpc) is 3.36. The summed E-state index contributed by atoms with van der Waals surface area (Å²) in [5, 5.41) is 15.3. The van der Waals surface area contributed by atoms with Crippen molar-refractivity contribution in [1.29, 1.82) is 5.26 Å². The summed E-state index contributed by atoms with van der Waals surface area (Å²) in [4.78, 5) is 29.4. The lowest BCUT2D eigenvalue weighted by molar-refractivity contribution is -0.113. The van der Waals surface area contributed by atoms with Gasteiger partial charge in [-0.15, -0.1) is 0 Å². The number of anilines is 1. The summed E-state index contributed by atoms with van der Waals surface area (Å²) in [6, 6.07) is 24.0. The molecule has 2 amide bonds. The molecule has 2 N–H and O–H groups in total. The van der Waals surface area contributed by atoms with E-state index in [0.29, 0.717) is 28.5 Å². The van der Waals surface area contributed by atoms with Gasteiger partial charge in [0.1, 0.15) is 0 Å². The van der Waals surface area contributed by atoms with Crippen LogP contribution in [0.5, 0.6) is 0 Å². The molecule has 7 nitrogen and oxygen atoms in total. The van der Waals surface area contributed by atoms with Crippen LogP contribution in [0.4, 0.5) is 5.69 Å². The zero-order valence-electron chi connectivity index (χ0n) is 19.1. The number of hydrogen-bond acceptors (Lipinski definition) is 5. The Kier molecular flexibility index (Phi) is 7.60. The Morgan fingerprint density at radius 1 is 1.06 bits per heavy atom. The Labute approximate surface area is 207 Å². The Hall–Kier alpha value is -4.35. The van der Waals surface area contributed by atoms with E-state index >= 15 is 0 Å². The fourth-order valence-electron chi connectivity index (χ4n) is 3.34. The van der Waals surface area contributed by atoms with E-state index in [1.165, 1.54) is 17.3 Å². The summed E-state index contributed by atoms with van der Waals surface area (Å²) in [7, 11) is 0. The van der Waals surface area contributed by atoms with Crippen molar-refractivity contribution in [1.82, 2.24) is 14.9 Å². The summed E-state index contributed by atoms with van der Waals surface area (Å²) in [5.41, 5.74) is 4.69. The number of aromatic nitrogens is 2. The number of nitrogens with one attached hydrogen (secondary N) is 2. The summed E-state index contributed by atoms with van der Waals surface area (Å²) in [5.74, 6) is -0.185. The van der Waals surface area contributed by atoms with Crippen LogP contribution in [0, 0.1) is 18.3 Å². The summed E-state index contributed by atoms with van der Waals surface area (Å²) < 4.78 is 1.84. The van der Waals surface area contributed by atoms with Crippen molar-refractivity contribution in [2.24, 2.45) is 0 Å². The van der Waals surface area contributed by atoms with Crippen LogP contribution in [-0.4, -0.2) is 27.1 Å². The number of nitriles is 1. The van der Waals surface area contributed by atoms with Gasteiger partial charge < -0.3 is 10.6 Å². The number of imidazole rings is 1. The first-order chi connectivity index (χ1) is 17.0. The molecule has 3 aromatic carbocycles. The fraction of sp³-hybridized carbons (Fsp3) is 0.111. The number of hydrogen-bond donors (Lipinski definition) is 2. The van der Waals surface area contributed by atoms with Gasteiger partial charge in [-0.2, -0.15) is 5.26 Å². The number of thioether (sulfide) groups is 1. The third-order valence-corrected chi connectivity index (χ3v) is 6.16. The van der Waals surface area contributed by atoms with Gasteiger partial charge in [0.15, 0.2) is 5.16 Å². The molecule has 1 heterocycles. The topological polar surface area (TPSA) is 99.8 Å². The predicted molar refractivity (Wildman–Crippen MR) is 136 cm³/mol. The van der Waals surface area contributed by atoms with Crippen molar-refractivity contribution in [3.8, 4) is 11.8 Å². The third kappa shape index (κ3) is 6.37. The molecule has 4 rings (SSSR count). The standard InChI is InChI=1S/C27H23N5O2S/c1-19-5-7-21(8-6-19)17-30-26(34)22-3-2-4-24(15-22)32-14-13-29-27(32)35-18-25(33)31-23-11-9-20(16-28)10-12-23/h2-15H,17-18H2,1H3,(H,30,34)(H,31,33). The van der Waals surface area contributed by atoms with Crippen molar-refractivity contribution in [3.63, 3.8) is 0 Å². The largest absolute Gasteiger partial charge is 0.348 e. The van der Waals surface area contributed by atoms with E-state index in [1.54, 1.807) is 48.8 Å². The minimum Gasteiger partial charge on any atom is -0.348 e. The molecule has 35 heavy (non-hydrogen) atoms. The van der Waals surface area contributed by atoms with Crippen LogP contribution < -0.4 is 10.6 Å². The molecule has 0 saturated heterocycles. The third-order valence-electron chi connectivity index (χ3n) is 5.20. The highest BCUT2D eigenvalue weighted by Gasteiger charge is 2.12. The van der Waals surface area contributed by atoms with Crippen molar-refractivity contribution < 1.29 is 9.59 Å². The molecule has 174 valence electrons. The first-order valence-corrected chi connectivity index (χ1v) is 11.9. The monoisotopic (exact) mass is 481 g/mol. The molecule has 8 heteroatoms. The van der Waals surface area contributed by atoms with E-state index in [-0.39, 0.29) is 17.6 Å². The van der Waals surface area contributed by atoms with Gasteiger partial charge in [-0.3, -0.25) is 14.2 Å². The van der Waals surface area contributed by atoms with Gasteiger partial charge in [0.25, 0.3) is 5.91 Å². The van der Waals surface area contributed by atoms with Crippen molar-refractivity contribution in [3.05, 3.63) is 107 Å². The maximum atomic E-state index is 12.7. The summed E-state index contributed by atoms with van der Waals surface area (Å²) in [6.45, 7) is 2.47. The Balaban J connectivity index is 1.37. The van der Waals surface area contributed by atoms with E-state index in [1.807, 2.05) is 54.0 Å². The Morgan fingerprint density at radius 3 is 2.57 bits per heavy atom. The van der Waals surface area contributed by atoms with Crippen molar-refractivity contribution >= 4 is 29.3 Å². The molecule has 0 radical (unpaired) electrons. The summed E-state index contributed by atoms with van der Waals surface area (Å²) >= 11 is 1.29. The SMILES string of the molecule is Cc1ccc(CNC(=O)c2cccc(-n3ccnc3SCC(=O)Nc3ccc(C#N)cc3)c2)cc1. The molecule has 1 aromatic heterocycles. The lowest BCUT2D eigenvalue weighted by Crippen LogP contribution is -2.22. The molecular formula is C27H23N5O2S. The second kappa shape index (κ2) is 11.2. The molecule has 0 unspecified atom stereocenters. The smallest absolute Gasteiger partial charge is 0.251 e. The molecular weight excluding hydrogens is 458 g/mol. The first kappa shape index (κ1) is 23.8. The molecule has 0 atom stereocenters. The minimum atomic E-state index is -0.182. The maximum Gasteiger partial charge on any atom is 0.251 e. The second-order valence-corrected chi connectivity index (χ2v) is 8.77. The summed E-state index contributed by atoms with van der Waals surface area (Å²) in [6.07, 6.45) is 3.45. The van der Waals surface area contributed by atoms with Crippen LogP contribution in [0.3, 0.4) is 0 Å². The molecule has 0 bridgehead atoms. The van der Waals surface area contributed by atoms with Gasteiger partial charge in [-0.25, -0.2) is 4.98 Å². The number of amides is 2. The number of rotatable bonds is 8. The van der Waals surface area contributed by atoms with Gasteiger partial charge in [0, 0.05) is 35.9 Å². The van der Waals surface area contributed by atoms with Crippen LogP contribution in [0.15, 0.2) is 90.3 Å². The van der Waals surface area contributed by atoms with Crippen LogP contribution >= 0.6 is 11.8 Å². The lowest BCUT2D eigenvalue weighted by atomic mass is 10.1. The minimum absolute atomic E-state index is 0.160. The molecule has 0 aliphatic carbocycles. The number of nitrogens with zero attached hydrogens (tertiary/aromatic N) is 3. The van der Waals surface area contributed by atoms with E-state index in [2.05, 4.69) is 15.6 Å². The zero-order chi connectivity index (χ0) is 24.6. The molecule has 0 saturated carbocycles.